The molecule has 0 unspecified atom stereocenters. The molecule has 2 aliphatic heterocycles. The van der Waals surface area contributed by atoms with Crippen molar-refractivity contribution in [1.29, 1.82) is 0 Å². The minimum absolute atomic E-state index is 0.100. The fourth-order valence-corrected chi connectivity index (χ4v) is 4.99. The molecule has 0 bridgehead atoms. The van der Waals surface area contributed by atoms with E-state index in [2.05, 4.69) is 13.8 Å². The number of Topliss-reactive ketones (excluding diaryl/α,β-unsaturated/α-hetero) is 1. The summed E-state index contributed by atoms with van der Waals surface area (Å²) in [7, 11) is 1.52. The standard InChI is InChI=1S/C31H24O7/c1-16(2)18-6-4-17(5-7-18)12-26-30(34)20-9-11-25-28(31(20)38-26)21(14-27(32)37-25)23-15-36-24-10-8-19(35-3)13-22(24)29(23)33/h4-13,15-16,21H,14H2,1-3H3/b26-12-/t21-/m1/s1. The van der Waals surface area contributed by atoms with E-state index in [1.165, 1.54) is 18.9 Å². The van der Waals surface area contributed by atoms with E-state index in [1.807, 2.05) is 24.3 Å². The molecule has 0 spiro atoms. The molecule has 6 rings (SSSR count). The monoisotopic (exact) mass is 508 g/mol. The second-order valence-corrected chi connectivity index (χ2v) is 9.73. The number of hydrogen-bond donors (Lipinski definition) is 0. The average Bonchev–Trinajstić information content (AvgIpc) is 3.23. The van der Waals surface area contributed by atoms with Crippen molar-refractivity contribution in [3.63, 3.8) is 0 Å². The average molecular weight is 509 g/mol. The van der Waals surface area contributed by atoms with Gasteiger partial charge in [0, 0.05) is 17.0 Å². The number of benzene rings is 3. The summed E-state index contributed by atoms with van der Waals surface area (Å²) >= 11 is 0. The molecule has 7 nitrogen and oxygen atoms in total. The van der Waals surface area contributed by atoms with Crippen LogP contribution in [0.4, 0.5) is 0 Å². The van der Waals surface area contributed by atoms with Gasteiger partial charge in [-0.05, 0) is 53.5 Å². The molecule has 3 aromatic carbocycles. The number of hydrogen-bond acceptors (Lipinski definition) is 7. The third-order valence-electron chi connectivity index (χ3n) is 7.06. The van der Waals surface area contributed by atoms with Crippen molar-refractivity contribution < 1.29 is 28.2 Å². The van der Waals surface area contributed by atoms with Crippen LogP contribution in [0.3, 0.4) is 0 Å². The Bertz CT molecular complexity index is 1710. The van der Waals surface area contributed by atoms with E-state index in [4.69, 9.17) is 18.6 Å². The van der Waals surface area contributed by atoms with Gasteiger partial charge in [-0.3, -0.25) is 14.4 Å². The smallest absolute Gasteiger partial charge is 0.312 e. The molecule has 4 aromatic rings. The maximum Gasteiger partial charge on any atom is 0.312 e. The molecule has 38 heavy (non-hydrogen) atoms. The van der Waals surface area contributed by atoms with Crippen molar-refractivity contribution >= 4 is 28.8 Å². The molecule has 1 aromatic heterocycles. The normalized spacial score (nSPS) is 17.4. The largest absolute Gasteiger partial charge is 0.497 e. The van der Waals surface area contributed by atoms with Crippen LogP contribution in [-0.2, 0) is 4.79 Å². The highest BCUT2D eigenvalue weighted by atomic mass is 16.5. The number of rotatable bonds is 4. The van der Waals surface area contributed by atoms with Crippen LogP contribution in [0.2, 0.25) is 0 Å². The van der Waals surface area contributed by atoms with Crippen LogP contribution in [0, 0.1) is 0 Å². The van der Waals surface area contributed by atoms with E-state index in [9.17, 15) is 14.4 Å². The van der Waals surface area contributed by atoms with Crippen LogP contribution in [0.1, 0.15) is 64.7 Å². The zero-order chi connectivity index (χ0) is 26.6. The molecule has 0 saturated heterocycles. The summed E-state index contributed by atoms with van der Waals surface area (Å²) in [4.78, 5) is 39.4. The van der Waals surface area contributed by atoms with Crippen molar-refractivity contribution in [2.45, 2.75) is 32.1 Å². The van der Waals surface area contributed by atoms with Gasteiger partial charge in [-0.2, -0.15) is 0 Å². The number of ketones is 1. The lowest BCUT2D eigenvalue weighted by Gasteiger charge is -2.25. The molecule has 2 aliphatic rings. The van der Waals surface area contributed by atoms with E-state index in [0.717, 1.165) is 5.56 Å². The van der Waals surface area contributed by atoms with Gasteiger partial charge in [0.1, 0.15) is 22.8 Å². The lowest BCUT2D eigenvalue weighted by atomic mass is 9.85. The molecule has 0 N–H and O–H groups in total. The van der Waals surface area contributed by atoms with Crippen molar-refractivity contribution in [2.24, 2.45) is 0 Å². The van der Waals surface area contributed by atoms with Gasteiger partial charge in [-0.1, -0.05) is 38.1 Å². The summed E-state index contributed by atoms with van der Waals surface area (Å²) in [5.41, 5.74) is 3.23. The van der Waals surface area contributed by atoms with E-state index in [1.54, 1.807) is 36.4 Å². The summed E-state index contributed by atoms with van der Waals surface area (Å²) in [5.74, 6) is 0.133. The number of methoxy groups -OCH3 is 1. The Hall–Kier alpha value is -4.65. The van der Waals surface area contributed by atoms with Crippen LogP contribution >= 0.6 is 0 Å². The predicted octanol–water partition coefficient (Wildman–Crippen LogP) is 5.98. The van der Waals surface area contributed by atoms with Crippen LogP contribution in [-0.4, -0.2) is 18.9 Å². The zero-order valence-corrected chi connectivity index (χ0v) is 21.1. The molecule has 3 heterocycles. The molecular formula is C31H24O7. The SMILES string of the molecule is COc1ccc2occ([C@H]3CC(=O)Oc4ccc5c(c43)O/C(=C\c3ccc(C(C)C)cc3)C5=O)c(=O)c2c1. The highest BCUT2D eigenvalue weighted by molar-refractivity contribution is 6.15. The van der Waals surface area contributed by atoms with Gasteiger partial charge in [0.2, 0.25) is 5.78 Å². The molecule has 0 fully saturated rings. The topological polar surface area (TPSA) is 92.0 Å². The summed E-state index contributed by atoms with van der Waals surface area (Å²) in [6.45, 7) is 4.24. The van der Waals surface area contributed by atoms with Gasteiger partial charge in [0.15, 0.2) is 11.2 Å². The first kappa shape index (κ1) is 23.7. The van der Waals surface area contributed by atoms with Crippen molar-refractivity contribution in [3.05, 3.63) is 105 Å². The first-order valence-corrected chi connectivity index (χ1v) is 12.3. The first-order valence-electron chi connectivity index (χ1n) is 12.3. The van der Waals surface area contributed by atoms with Crippen molar-refractivity contribution in [2.75, 3.05) is 7.11 Å². The van der Waals surface area contributed by atoms with E-state index in [0.29, 0.717) is 39.5 Å². The van der Waals surface area contributed by atoms with Gasteiger partial charge in [0.25, 0.3) is 0 Å². The lowest BCUT2D eigenvalue weighted by Crippen LogP contribution is -2.25. The molecule has 1 atom stereocenters. The van der Waals surface area contributed by atoms with Crippen LogP contribution < -0.4 is 19.6 Å². The summed E-state index contributed by atoms with van der Waals surface area (Å²) in [6.07, 6.45) is 2.96. The number of carbonyl (C=O) groups is 2. The minimum Gasteiger partial charge on any atom is -0.497 e. The van der Waals surface area contributed by atoms with Gasteiger partial charge >= 0.3 is 5.97 Å². The fourth-order valence-electron chi connectivity index (χ4n) is 4.99. The van der Waals surface area contributed by atoms with Gasteiger partial charge in [0.05, 0.1) is 30.7 Å². The molecule has 7 heteroatoms. The van der Waals surface area contributed by atoms with Gasteiger partial charge < -0.3 is 18.6 Å². The Morgan fingerprint density at radius 1 is 0.974 bits per heavy atom. The Morgan fingerprint density at radius 3 is 2.50 bits per heavy atom. The molecule has 0 amide bonds. The number of ether oxygens (including phenoxy) is 3. The minimum atomic E-state index is -0.717. The maximum atomic E-state index is 13.6. The molecular weight excluding hydrogens is 484 g/mol. The Kier molecular flexibility index (Phi) is 5.64. The Balaban J connectivity index is 1.45. The van der Waals surface area contributed by atoms with E-state index in [-0.39, 0.29) is 34.7 Å². The van der Waals surface area contributed by atoms with Gasteiger partial charge in [-0.25, -0.2) is 0 Å². The third-order valence-corrected chi connectivity index (χ3v) is 7.06. The highest BCUT2D eigenvalue weighted by Crippen LogP contribution is 2.48. The number of esters is 1. The molecule has 0 radical (unpaired) electrons. The summed E-state index contributed by atoms with van der Waals surface area (Å²) in [6, 6.07) is 16.1. The predicted molar refractivity (Wildman–Crippen MR) is 141 cm³/mol. The molecule has 190 valence electrons. The second kappa shape index (κ2) is 9.03. The van der Waals surface area contributed by atoms with Crippen LogP contribution in [0.5, 0.6) is 17.2 Å². The van der Waals surface area contributed by atoms with Crippen molar-refractivity contribution in [1.82, 2.24) is 0 Å². The summed E-state index contributed by atoms with van der Waals surface area (Å²) < 4.78 is 22.6. The van der Waals surface area contributed by atoms with E-state index >= 15 is 0 Å². The van der Waals surface area contributed by atoms with Crippen LogP contribution in [0.15, 0.2) is 75.8 Å². The fraction of sp³-hybridized carbons (Fsp3) is 0.194. The zero-order valence-electron chi connectivity index (χ0n) is 21.1. The van der Waals surface area contributed by atoms with E-state index < -0.39 is 11.9 Å². The molecule has 0 saturated carbocycles. The summed E-state index contributed by atoms with van der Waals surface area (Å²) in [5, 5.41) is 0.331. The van der Waals surface area contributed by atoms with Gasteiger partial charge in [-0.15, -0.1) is 0 Å². The quantitative estimate of drug-likeness (QED) is 0.190. The highest BCUT2D eigenvalue weighted by Gasteiger charge is 2.39. The number of allylic oxidation sites excluding steroid dienone is 1. The number of carbonyl (C=O) groups excluding carboxylic acids is 2. The van der Waals surface area contributed by atoms with Crippen molar-refractivity contribution in [3.8, 4) is 17.2 Å². The maximum absolute atomic E-state index is 13.6. The first-order chi connectivity index (χ1) is 18.3. The van der Waals surface area contributed by atoms with Crippen LogP contribution in [0.25, 0.3) is 17.0 Å². The Labute approximate surface area is 218 Å². The lowest BCUT2D eigenvalue weighted by molar-refractivity contribution is -0.135. The Morgan fingerprint density at radius 2 is 1.76 bits per heavy atom. The second-order valence-electron chi connectivity index (χ2n) is 9.73. The number of fused-ring (bicyclic) bond motifs is 4. The third kappa shape index (κ3) is 3.87. The molecule has 0 aliphatic carbocycles.